The minimum Gasteiger partial charge on any atom is -0.339 e. The fourth-order valence-electron chi connectivity index (χ4n) is 2.37. The minimum atomic E-state index is -0.0944. The normalized spacial score (nSPS) is 15.0. The first-order valence-corrected chi connectivity index (χ1v) is 7.67. The molecule has 2 amide bonds. The molecule has 6 nitrogen and oxygen atoms in total. The third-order valence-electron chi connectivity index (χ3n) is 3.57. The summed E-state index contributed by atoms with van der Waals surface area (Å²) in [4.78, 5) is 27.7. The van der Waals surface area contributed by atoms with Crippen molar-refractivity contribution >= 4 is 41.5 Å². The molecule has 2 N–H and O–H groups in total. The minimum absolute atomic E-state index is 0. The molecule has 128 valence electrons. The Bertz CT molecular complexity index is 534. The van der Waals surface area contributed by atoms with Crippen molar-refractivity contribution in [3.05, 3.63) is 29.3 Å². The van der Waals surface area contributed by atoms with Gasteiger partial charge in [0.25, 0.3) is 0 Å². The van der Waals surface area contributed by atoms with Gasteiger partial charge < -0.3 is 15.5 Å². The van der Waals surface area contributed by atoms with Gasteiger partial charge >= 0.3 is 0 Å². The molecule has 0 radical (unpaired) electrons. The maximum Gasteiger partial charge on any atom is 0.238 e. The smallest absolute Gasteiger partial charge is 0.238 e. The average Bonchev–Trinajstić information content (AvgIpc) is 2.50. The number of carbonyl (C=O) groups excluding carboxylic acids is 2. The van der Waals surface area contributed by atoms with E-state index in [0.717, 1.165) is 0 Å². The fraction of sp³-hybridized carbons (Fsp3) is 0.467. The Labute approximate surface area is 147 Å². The highest BCUT2D eigenvalue weighted by Crippen LogP contribution is 2.20. The number of piperazine rings is 1. The van der Waals surface area contributed by atoms with Crippen molar-refractivity contribution in [2.45, 2.75) is 0 Å². The van der Waals surface area contributed by atoms with E-state index < -0.39 is 0 Å². The Kier molecular flexibility index (Phi) is 8.33. The van der Waals surface area contributed by atoms with E-state index in [-0.39, 0.29) is 24.2 Å². The van der Waals surface area contributed by atoms with Crippen molar-refractivity contribution in [3.63, 3.8) is 0 Å². The summed E-state index contributed by atoms with van der Waals surface area (Å²) >= 11 is 6.02. The molecule has 1 heterocycles. The van der Waals surface area contributed by atoms with Crippen molar-refractivity contribution in [2.75, 3.05) is 51.6 Å². The number of rotatable bonds is 5. The molecule has 23 heavy (non-hydrogen) atoms. The number of amides is 2. The molecule has 0 atom stereocenters. The molecule has 0 aromatic heterocycles. The van der Waals surface area contributed by atoms with Gasteiger partial charge in [-0.2, -0.15) is 0 Å². The summed E-state index contributed by atoms with van der Waals surface area (Å²) in [5.41, 5.74) is 0.622. The van der Waals surface area contributed by atoms with Gasteiger partial charge in [0.05, 0.1) is 23.8 Å². The predicted molar refractivity (Wildman–Crippen MR) is 94.3 cm³/mol. The zero-order valence-corrected chi connectivity index (χ0v) is 14.6. The lowest BCUT2D eigenvalue weighted by molar-refractivity contribution is -0.132. The molecule has 1 aromatic carbocycles. The van der Waals surface area contributed by atoms with Crippen LogP contribution in [0.1, 0.15) is 0 Å². The number of carbonyl (C=O) groups is 2. The van der Waals surface area contributed by atoms with Crippen LogP contribution in [0.4, 0.5) is 5.69 Å². The lowest BCUT2D eigenvalue weighted by atomic mass is 10.3. The van der Waals surface area contributed by atoms with E-state index in [0.29, 0.717) is 50.0 Å². The molecular weight excluding hydrogens is 339 g/mol. The van der Waals surface area contributed by atoms with Gasteiger partial charge in [0.2, 0.25) is 11.8 Å². The molecule has 2 rings (SSSR count). The van der Waals surface area contributed by atoms with E-state index in [1.807, 2.05) is 21.9 Å². The number of benzene rings is 1. The van der Waals surface area contributed by atoms with Gasteiger partial charge in [-0.25, -0.2) is 0 Å². The Morgan fingerprint density at radius 3 is 2.43 bits per heavy atom. The zero-order chi connectivity index (χ0) is 15.9. The van der Waals surface area contributed by atoms with Crippen LogP contribution in [0, 0.1) is 0 Å². The summed E-state index contributed by atoms with van der Waals surface area (Å²) in [5, 5.41) is 6.19. The lowest BCUT2D eigenvalue weighted by Gasteiger charge is -2.34. The quantitative estimate of drug-likeness (QED) is 0.824. The highest BCUT2D eigenvalue weighted by atomic mass is 35.5. The van der Waals surface area contributed by atoms with E-state index in [1.54, 1.807) is 19.2 Å². The molecule has 1 fully saturated rings. The molecule has 1 aromatic rings. The Morgan fingerprint density at radius 1 is 1.17 bits per heavy atom. The van der Waals surface area contributed by atoms with Gasteiger partial charge in [-0.15, -0.1) is 12.4 Å². The van der Waals surface area contributed by atoms with Crippen LogP contribution in [0.25, 0.3) is 0 Å². The molecule has 0 saturated carbocycles. The number of hydrogen-bond donors (Lipinski definition) is 2. The Hall–Kier alpha value is -1.34. The van der Waals surface area contributed by atoms with E-state index in [1.165, 1.54) is 0 Å². The van der Waals surface area contributed by atoms with Gasteiger partial charge in [0, 0.05) is 26.2 Å². The highest BCUT2D eigenvalue weighted by Gasteiger charge is 2.21. The van der Waals surface area contributed by atoms with Crippen molar-refractivity contribution < 1.29 is 9.59 Å². The summed E-state index contributed by atoms with van der Waals surface area (Å²) < 4.78 is 0. The molecule has 0 unspecified atom stereocenters. The molecule has 1 aliphatic heterocycles. The van der Waals surface area contributed by atoms with Crippen LogP contribution in [0.3, 0.4) is 0 Å². The topological polar surface area (TPSA) is 64.7 Å². The summed E-state index contributed by atoms with van der Waals surface area (Å²) in [6.45, 7) is 3.36. The van der Waals surface area contributed by atoms with E-state index >= 15 is 0 Å². The standard InChI is InChI=1S/C15H21ClN4O2.ClH/c1-17-10-15(22)20-8-6-19(7-9-20)11-14(21)18-13-5-3-2-4-12(13)16;/h2-5,17H,6-11H2,1H3,(H,18,21);1H. The first-order valence-electron chi connectivity index (χ1n) is 7.29. The van der Waals surface area contributed by atoms with Gasteiger partial charge in [0.15, 0.2) is 0 Å². The third-order valence-corrected chi connectivity index (χ3v) is 3.90. The van der Waals surface area contributed by atoms with Crippen LogP contribution in [-0.2, 0) is 9.59 Å². The fourth-order valence-corrected chi connectivity index (χ4v) is 2.56. The second-order valence-corrected chi connectivity index (χ2v) is 5.62. The zero-order valence-electron chi connectivity index (χ0n) is 13.0. The van der Waals surface area contributed by atoms with Gasteiger partial charge in [-0.05, 0) is 19.2 Å². The summed E-state index contributed by atoms with van der Waals surface area (Å²) in [7, 11) is 1.76. The van der Waals surface area contributed by atoms with Crippen molar-refractivity contribution in [3.8, 4) is 0 Å². The van der Waals surface area contributed by atoms with Crippen LogP contribution in [0.15, 0.2) is 24.3 Å². The molecule has 0 aliphatic carbocycles. The van der Waals surface area contributed by atoms with Gasteiger partial charge in [0.1, 0.15) is 0 Å². The van der Waals surface area contributed by atoms with Crippen molar-refractivity contribution in [2.24, 2.45) is 0 Å². The number of anilines is 1. The number of nitrogens with one attached hydrogen (secondary N) is 2. The van der Waals surface area contributed by atoms with Crippen LogP contribution >= 0.6 is 24.0 Å². The first-order chi connectivity index (χ1) is 10.6. The molecule has 8 heteroatoms. The van der Waals surface area contributed by atoms with Crippen molar-refractivity contribution in [1.29, 1.82) is 0 Å². The lowest BCUT2D eigenvalue weighted by Crippen LogP contribution is -2.51. The van der Waals surface area contributed by atoms with Crippen LogP contribution in [0.2, 0.25) is 5.02 Å². The summed E-state index contributed by atoms with van der Waals surface area (Å²) in [5.74, 6) is 0.00534. The first kappa shape index (κ1) is 19.7. The van der Waals surface area contributed by atoms with Crippen LogP contribution in [0.5, 0.6) is 0 Å². The molecule has 1 aliphatic rings. The maximum atomic E-state index is 12.0. The van der Waals surface area contributed by atoms with E-state index in [2.05, 4.69) is 10.6 Å². The van der Waals surface area contributed by atoms with Gasteiger partial charge in [-0.1, -0.05) is 23.7 Å². The number of nitrogens with zero attached hydrogens (tertiary/aromatic N) is 2. The number of hydrogen-bond acceptors (Lipinski definition) is 4. The summed E-state index contributed by atoms with van der Waals surface area (Å²) in [6, 6.07) is 7.16. The van der Waals surface area contributed by atoms with Crippen LogP contribution < -0.4 is 10.6 Å². The number of para-hydroxylation sites is 1. The van der Waals surface area contributed by atoms with Gasteiger partial charge in [-0.3, -0.25) is 14.5 Å². The largest absolute Gasteiger partial charge is 0.339 e. The van der Waals surface area contributed by atoms with Crippen molar-refractivity contribution in [1.82, 2.24) is 15.1 Å². The molecular formula is C15H22Cl2N4O2. The highest BCUT2D eigenvalue weighted by molar-refractivity contribution is 6.33. The second kappa shape index (κ2) is 9.72. The molecule has 1 saturated heterocycles. The molecule has 0 spiro atoms. The average molecular weight is 361 g/mol. The van der Waals surface area contributed by atoms with Crippen LogP contribution in [-0.4, -0.2) is 67.9 Å². The molecule has 0 bridgehead atoms. The van der Waals surface area contributed by atoms with E-state index in [4.69, 9.17) is 11.6 Å². The second-order valence-electron chi connectivity index (χ2n) is 5.22. The Morgan fingerprint density at radius 2 is 1.83 bits per heavy atom. The summed E-state index contributed by atoms with van der Waals surface area (Å²) in [6.07, 6.45) is 0. The predicted octanol–water partition coefficient (Wildman–Crippen LogP) is 1.06. The number of likely N-dealkylation sites (N-methyl/N-ethyl adjacent to an activating group) is 1. The number of halogens is 2. The SMILES string of the molecule is CNCC(=O)N1CCN(CC(=O)Nc2ccccc2Cl)CC1.Cl. The maximum absolute atomic E-state index is 12.0. The Balaban J connectivity index is 0.00000264. The van der Waals surface area contributed by atoms with E-state index in [9.17, 15) is 9.59 Å². The monoisotopic (exact) mass is 360 g/mol. The third kappa shape index (κ3) is 5.99.